The molecule has 0 bridgehead atoms. The smallest absolute Gasteiger partial charge is 0.242 e. The van der Waals surface area contributed by atoms with E-state index in [1.165, 1.54) is 0 Å². The van der Waals surface area contributed by atoms with Gasteiger partial charge in [-0.25, -0.2) is 0 Å². The molecule has 1 heterocycles. The molecular weight excluding hydrogens is 394 g/mol. The van der Waals surface area contributed by atoms with Gasteiger partial charge in [-0.15, -0.1) is 0 Å². The molecule has 0 saturated carbocycles. The molecule has 4 aromatic rings. The standard InChI is InChI=1S/C28H27N3O/c1-19-18-30-20(2)17-25(19)21-13-15-24(16-14-21)31-28(32)27(29)26(22-9-5-3-6-10-22)23-11-7-4-8-12-23/h3-18,26-27H,29H2,1-2H3,(H,31,32). The summed E-state index contributed by atoms with van der Waals surface area (Å²) in [6.45, 7) is 4.03. The summed E-state index contributed by atoms with van der Waals surface area (Å²) >= 11 is 0. The van der Waals surface area contributed by atoms with Gasteiger partial charge >= 0.3 is 0 Å². The highest BCUT2D eigenvalue weighted by molar-refractivity contribution is 5.96. The largest absolute Gasteiger partial charge is 0.325 e. The van der Waals surface area contributed by atoms with Crippen LogP contribution in [0.4, 0.5) is 5.69 Å². The summed E-state index contributed by atoms with van der Waals surface area (Å²) in [5.74, 6) is -0.453. The van der Waals surface area contributed by atoms with Crippen LogP contribution in [-0.4, -0.2) is 16.9 Å². The van der Waals surface area contributed by atoms with Crippen LogP contribution in [0.25, 0.3) is 11.1 Å². The highest BCUT2D eigenvalue weighted by Crippen LogP contribution is 2.29. The third kappa shape index (κ3) is 4.76. The Morgan fingerprint density at radius 3 is 1.97 bits per heavy atom. The van der Waals surface area contributed by atoms with Crippen molar-refractivity contribution in [2.45, 2.75) is 25.8 Å². The van der Waals surface area contributed by atoms with Crippen molar-refractivity contribution in [3.05, 3.63) is 120 Å². The van der Waals surface area contributed by atoms with Gasteiger partial charge in [-0.2, -0.15) is 0 Å². The molecule has 0 aliphatic carbocycles. The molecule has 0 radical (unpaired) electrons. The first-order valence-corrected chi connectivity index (χ1v) is 10.7. The minimum absolute atomic E-state index is 0.216. The van der Waals surface area contributed by atoms with E-state index in [1.54, 1.807) is 0 Å². The van der Waals surface area contributed by atoms with Gasteiger partial charge in [0.25, 0.3) is 0 Å². The molecular formula is C28H27N3O. The Morgan fingerprint density at radius 2 is 1.41 bits per heavy atom. The number of hydrogen-bond acceptors (Lipinski definition) is 3. The Balaban J connectivity index is 1.55. The van der Waals surface area contributed by atoms with Crippen LogP contribution in [0.15, 0.2) is 97.2 Å². The summed E-state index contributed by atoms with van der Waals surface area (Å²) in [7, 11) is 0. The molecule has 0 aliphatic rings. The van der Waals surface area contributed by atoms with E-state index in [4.69, 9.17) is 5.73 Å². The Kier molecular flexibility index (Phi) is 6.43. The second-order valence-corrected chi connectivity index (χ2v) is 8.03. The van der Waals surface area contributed by atoms with Crippen molar-refractivity contribution in [1.29, 1.82) is 0 Å². The molecule has 0 saturated heterocycles. The maximum absolute atomic E-state index is 13.1. The molecule has 1 atom stereocenters. The molecule has 4 nitrogen and oxygen atoms in total. The van der Waals surface area contributed by atoms with Crippen molar-refractivity contribution in [2.24, 2.45) is 5.73 Å². The van der Waals surface area contributed by atoms with Crippen molar-refractivity contribution in [2.75, 3.05) is 5.32 Å². The Bertz CT molecular complexity index is 1150. The number of pyridine rings is 1. The normalized spacial score (nSPS) is 11.9. The first-order valence-electron chi connectivity index (χ1n) is 10.7. The minimum Gasteiger partial charge on any atom is -0.325 e. The second-order valence-electron chi connectivity index (χ2n) is 8.03. The summed E-state index contributed by atoms with van der Waals surface area (Å²) in [6.07, 6.45) is 1.88. The predicted octanol–water partition coefficient (Wildman–Crippen LogP) is 5.46. The van der Waals surface area contributed by atoms with Crippen LogP contribution in [0.2, 0.25) is 0 Å². The maximum Gasteiger partial charge on any atom is 0.242 e. The molecule has 3 aromatic carbocycles. The lowest BCUT2D eigenvalue weighted by Gasteiger charge is -2.24. The average molecular weight is 422 g/mol. The van der Waals surface area contributed by atoms with Crippen LogP contribution in [-0.2, 0) is 4.79 Å². The van der Waals surface area contributed by atoms with E-state index >= 15 is 0 Å². The molecule has 0 aliphatic heterocycles. The maximum atomic E-state index is 13.1. The van der Waals surface area contributed by atoms with Crippen LogP contribution in [0.5, 0.6) is 0 Å². The van der Waals surface area contributed by atoms with Crippen molar-refractivity contribution in [3.63, 3.8) is 0 Å². The average Bonchev–Trinajstić information content (AvgIpc) is 2.83. The lowest BCUT2D eigenvalue weighted by atomic mass is 9.85. The summed E-state index contributed by atoms with van der Waals surface area (Å²) < 4.78 is 0. The van der Waals surface area contributed by atoms with Crippen LogP contribution in [0, 0.1) is 13.8 Å². The number of amides is 1. The second kappa shape index (κ2) is 9.58. The number of hydrogen-bond donors (Lipinski definition) is 2. The van der Waals surface area contributed by atoms with E-state index in [-0.39, 0.29) is 11.8 Å². The number of rotatable bonds is 6. The van der Waals surface area contributed by atoms with Gasteiger partial charge in [0, 0.05) is 23.5 Å². The van der Waals surface area contributed by atoms with Gasteiger partial charge in [-0.1, -0.05) is 72.8 Å². The lowest BCUT2D eigenvalue weighted by molar-refractivity contribution is -0.117. The topological polar surface area (TPSA) is 68.0 Å². The molecule has 32 heavy (non-hydrogen) atoms. The number of aryl methyl sites for hydroxylation is 2. The summed E-state index contributed by atoms with van der Waals surface area (Å²) in [6, 6.07) is 29.0. The molecule has 1 unspecified atom stereocenters. The highest BCUT2D eigenvalue weighted by Gasteiger charge is 2.27. The van der Waals surface area contributed by atoms with E-state index in [2.05, 4.69) is 16.4 Å². The molecule has 160 valence electrons. The minimum atomic E-state index is -0.732. The van der Waals surface area contributed by atoms with Gasteiger partial charge in [0.05, 0.1) is 6.04 Å². The van der Waals surface area contributed by atoms with Gasteiger partial charge < -0.3 is 11.1 Å². The molecule has 4 heteroatoms. The zero-order chi connectivity index (χ0) is 22.5. The lowest BCUT2D eigenvalue weighted by Crippen LogP contribution is -2.41. The van der Waals surface area contributed by atoms with Crippen molar-refractivity contribution in [1.82, 2.24) is 4.98 Å². The number of anilines is 1. The fraction of sp³-hybridized carbons (Fsp3) is 0.143. The monoisotopic (exact) mass is 421 g/mol. The fourth-order valence-corrected chi connectivity index (χ4v) is 3.98. The van der Waals surface area contributed by atoms with Gasteiger partial charge in [-0.3, -0.25) is 9.78 Å². The fourth-order valence-electron chi connectivity index (χ4n) is 3.98. The summed E-state index contributed by atoms with van der Waals surface area (Å²) in [4.78, 5) is 17.4. The van der Waals surface area contributed by atoms with Crippen LogP contribution in [0.1, 0.15) is 28.3 Å². The van der Waals surface area contributed by atoms with E-state index in [9.17, 15) is 4.79 Å². The number of carbonyl (C=O) groups excluding carboxylic acids is 1. The molecule has 1 aromatic heterocycles. The Labute approximate surface area is 189 Å². The quantitative estimate of drug-likeness (QED) is 0.434. The molecule has 0 fully saturated rings. The first-order chi connectivity index (χ1) is 15.5. The third-order valence-corrected chi connectivity index (χ3v) is 5.68. The van der Waals surface area contributed by atoms with E-state index in [0.717, 1.165) is 39.2 Å². The Morgan fingerprint density at radius 1 is 0.844 bits per heavy atom. The number of carbonyl (C=O) groups is 1. The van der Waals surface area contributed by atoms with Crippen LogP contribution >= 0.6 is 0 Å². The van der Waals surface area contributed by atoms with Gasteiger partial charge in [0.15, 0.2) is 0 Å². The van der Waals surface area contributed by atoms with Gasteiger partial charge in [-0.05, 0) is 59.9 Å². The van der Waals surface area contributed by atoms with Crippen molar-refractivity contribution in [3.8, 4) is 11.1 Å². The van der Waals surface area contributed by atoms with Crippen molar-refractivity contribution >= 4 is 11.6 Å². The summed E-state index contributed by atoms with van der Waals surface area (Å²) in [5, 5.41) is 2.99. The molecule has 4 rings (SSSR count). The number of benzene rings is 3. The molecule has 0 spiro atoms. The highest BCUT2D eigenvalue weighted by atomic mass is 16.2. The SMILES string of the molecule is Cc1cc(-c2ccc(NC(=O)C(N)C(c3ccccc3)c3ccccc3)cc2)c(C)cn1. The van der Waals surface area contributed by atoms with Crippen molar-refractivity contribution < 1.29 is 4.79 Å². The third-order valence-electron chi connectivity index (χ3n) is 5.68. The zero-order valence-electron chi connectivity index (χ0n) is 18.3. The van der Waals surface area contributed by atoms with E-state index < -0.39 is 6.04 Å². The molecule has 3 N–H and O–H groups in total. The van der Waals surface area contributed by atoms with Gasteiger partial charge in [0.1, 0.15) is 0 Å². The zero-order valence-corrected chi connectivity index (χ0v) is 18.3. The van der Waals surface area contributed by atoms with Gasteiger partial charge in [0.2, 0.25) is 5.91 Å². The van der Waals surface area contributed by atoms with E-state index in [1.807, 2.05) is 105 Å². The number of aromatic nitrogens is 1. The van der Waals surface area contributed by atoms with Crippen LogP contribution in [0.3, 0.4) is 0 Å². The van der Waals surface area contributed by atoms with E-state index in [0.29, 0.717) is 0 Å². The first kappa shape index (κ1) is 21.5. The predicted molar refractivity (Wildman–Crippen MR) is 130 cm³/mol. The summed E-state index contributed by atoms with van der Waals surface area (Å²) in [5.41, 5.74) is 13.6. The molecule has 1 amide bonds. The number of nitrogens with two attached hydrogens (primary N) is 1. The number of nitrogens with one attached hydrogen (secondary N) is 1. The Hall–Kier alpha value is -3.76. The number of nitrogens with zero attached hydrogens (tertiary/aromatic N) is 1. The van der Waals surface area contributed by atoms with Crippen LogP contribution < -0.4 is 11.1 Å².